The first-order valence-electron chi connectivity index (χ1n) is 10.2. The SMILES string of the molecule is O=C(CNc1ccccc1Cl)NN=Cc1ccc(C=NNC(=O)CNc2ccccc2Cl)cc1. The number of hydrogen-bond donors (Lipinski definition) is 4. The maximum Gasteiger partial charge on any atom is 0.259 e. The monoisotopic (exact) mass is 496 g/mol. The first kappa shape index (κ1) is 24.8. The number of halogens is 2. The van der Waals surface area contributed by atoms with Crippen molar-refractivity contribution in [3.63, 3.8) is 0 Å². The fourth-order valence-corrected chi connectivity index (χ4v) is 3.07. The number of anilines is 2. The highest BCUT2D eigenvalue weighted by molar-refractivity contribution is 6.33. The summed E-state index contributed by atoms with van der Waals surface area (Å²) < 4.78 is 0. The quantitative estimate of drug-likeness (QED) is 0.250. The normalized spacial score (nSPS) is 10.9. The molecular weight excluding hydrogens is 475 g/mol. The van der Waals surface area contributed by atoms with Gasteiger partial charge in [0.05, 0.1) is 46.9 Å². The molecule has 174 valence electrons. The van der Waals surface area contributed by atoms with Crippen molar-refractivity contribution in [2.45, 2.75) is 0 Å². The number of amides is 2. The van der Waals surface area contributed by atoms with Crippen LogP contribution in [0.2, 0.25) is 10.0 Å². The third-order valence-corrected chi connectivity index (χ3v) is 5.03. The van der Waals surface area contributed by atoms with Crippen molar-refractivity contribution in [1.82, 2.24) is 10.9 Å². The molecule has 0 fully saturated rings. The lowest BCUT2D eigenvalue weighted by Crippen LogP contribution is -2.26. The molecule has 0 radical (unpaired) electrons. The molecule has 8 nitrogen and oxygen atoms in total. The summed E-state index contributed by atoms with van der Waals surface area (Å²) in [6.07, 6.45) is 3.05. The second kappa shape index (κ2) is 13.0. The summed E-state index contributed by atoms with van der Waals surface area (Å²) >= 11 is 12.1. The molecule has 0 saturated heterocycles. The van der Waals surface area contributed by atoms with Crippen molar-refractivity contribution in [3.8, 4) is 0 Å². The lowest BCUT2D eigenvalue weighted by atomic mass is 10.2. The fraction of sp³-hybridized carbons (Fsp3) is 0.0833. The zero-order valence-corrected chi connectivity index (χ0v) is 19.5. The van der Waals surface area contributed by atoms with Gasteiger partial charge in [-0.25, -0.2) is 10.9 Å². The van der Waals surface area contributed by atoms with Gasteiger partial charge in [0.15, 0.2) is 0 Å². The molecule has 0 aliphatic rings. The molecule has 2 amide bonds. The Morgan fingerprint density at radius 2 is 1.03 bits per heavy atom. The standard InChI is InChI=1S/C24H22Cl2N6O2/c25-19-5-1-3-7-21(19)27-15-23(33)31-29-13-17-9-11-18(12-10-17)14-30-32-24(34)16-28-22-8-4-2-6-20(22)26/h1-14,27-28H,15-16H2,(H,31,33)(H,32,34). The molecule has 0 aromatic heterocycles. The van der Waals surface area contributed by atoms with E-state index in [1.54, 1.807) is 48.5 Å². The molecule has 0 unspecified atom stereocenters. The van der Waals surface area contributed by atoms with E-state index in [2.05, 4.69) is 31.7 Å². The Morgan fingerprint density at radius 1 is 0.647 bits per heavy atom. The summed E-state index contributed by atoms with van der Waals surface area (Å²) in [5.74, 6) is -0.612. The van der Waals surface area contributed by atoms with Crippen LogP contribution in [0.4, 0.5) is 11.4 Å². The molecular formula is C24H22Cl2N6O2. The van der Waals surface area contributed by atoms with Crippen LogP contribution in [0.15, 0.2) is 83.0 Å². The number of benzene rings is 3. The number of carbonyl (C=O) groups excluding carboxylic acids is 2. The van der Waals surface area contributed by atoms with Gasteiger partial charge in [0, 0.05) is 0 Å². The van der Waals surface area contributed by atoms with Gasteiger partial charge in [-0.1, -0.05) is 71.7 Å². The van der Waals surface area contributed by atoms with Crippen LogP contribution in [-0.4, -0.2) is 37.3 Å². The average molecular weight is 497 g/mol. The Hall–Kier alpha value is -3.88. The number of para-hydroxylation sites is 2. The van der Waals surface area contributed by atoms with Crippen LogP contribution in [0.25, 0.3) is 0 Å². The average Bonchev–Trinajstić information content (AvgIpc) is 2.84. The Morgan fingerprint density at radius 3 is 1.41 bits per heavy atom. The minimum atomic E-state index is -0.306. The Labute approximate surface area is 207 Å². The van der Waals surface area contributed by atoms with Gasteiger partial charge in [-0.15, -0.1) is 0 Å². The van der Waals surface area contributed by atoms with E-state index in [9.17, 15) is 9.59 Å². The van der Waals surface area contributed by atoms with E-state index in [0.717, 1.165) is 11.1 Å². The molecule has 4 N–H and O–H groups in total. The van der Waals surface area contributed by atoms with Gasteiger partial charge < -0.3 is 10.6 Å². The molecule has 3 aromatic rings. The van der Waals surface area contributed by atoms with E-state index < -0.39 is 0 Å². The van der Waals surface area contributed by atoms with Crippen LogP contribution < -0.4 is 21.5 Å². The topological polar surface area (TPSA) is 107 Å². The number of carbonyl (C=O) groups is 2. The highest BCUT2D eigenvalue weighted by Gasteiger charge is 2.03. The van der Waals surface area contributed by atoms with Crippen molar-refractivity contribution >= 4 is 58.8 Å². The fourth-order valence-electron chi connectivity index (χ4n) is 2.66. The maximum absolute atomic E-state index is 11.9. The molecule has 3 aromatic carbocycles. The van der Waals surface area contributed by atoms with Crippen LogP contribution in [0, 0.1) is 0 Å². The number of hydrazone groups is 2. The Bertz CT molecular complexity index is 1090. The zero-order valence-electron chi connectivity index (χ0n) is 18.0. The summed E-state index contributed by atoms with van der Waals surface area (Å²) in [6, 6.07) is 21.5. The van der Waals surface area contributed by atoms with Crippen LogP contribution in [0.1, 0.15) is 11.1 Å². The molecule has 0 heterocycles. The van der Waals surface area contributed by atoms with E-state index in [4.69, 9.17) is 23.2 Å². The van der Waals surface area contributed by atoms with Crippen LogP contribution in [-0.2, 0) is 9.59 Å². The van der Waals surface area contributed by atoms with E-state index in [1.165, 1.54) is 12.4 Å². The van der Waals surface area contributed by atoms with Crippen molar-refractivity contribution in [2.24, 2.45) is 10.2 Å². The summed E-state index contributed by atoms with van der Waals surface area (Å²) in [5.41, 5.74) is 7.81. The van der Waals surface area contributed by atoms with Gasteiger partial charge >= 0.3 is 0 Å². The van der Waals surface area contributed by atoms with Crippen molar-refractivity contribution in [2.75, 3.05) is 23.7 Å². The minimum absolute atomic E-state index is 0.0378. The second-order valence-corrected chi connectivity index (χ2v) is 7.73. The summed E-state index contributed by atoms with van der Waals surface area (Å²) in [7, 11) is 0. The van der Waals surface area contributed by atoms with Crippen LogP contribution in [0.5, 0.6) is 0 Å². The third-order valence-electron chi connectivity index (χ3n) is 4.37. The predicted octanol–water partition coefficient (Wildman–Crippen LogP) is 4.12. The van der Waals surface area contributed by atoms with Gasteiger partial charge in [-0.3, -0.25) is 9.59 Å². The maximum atomic E-state index is 11.9. The lowest BCUT2D eigenvalue weighted by molar-refractivity contribution is -0.120. The largest absolute Gasteiger partial charge is 0.375 e. The Balaban J connectivity index is 1.38. The smallest absolute Gasteiger partial charge is 0.259 e. The molecule has 0 spiro atoms. The number of rotatable bonds is 10. The highest BCUT2D eigenvalue weighted by atomic mass is 35.5. The van der Waals surface area contributed by atoms with E-state index in [0.29, 0.717) is 21.4 Å². The van der Waals surface area contributed by atoms with Crippen LogP contribution in [0.3, 0.4) is 0 Å². The molecule has 10 heteroatoms. The molecule has 0 bridgehead atoms. The van der Waals surface area contributed by atoms with Gasteiger partial charge in [-0.05, 0) is 35.4 Å². The molecule has 0 aliphatic carbocycles. The molecule has 0 atom stereocenters. The summed E-state index contributed by atoms with van der Waals surface area (Å²) in [4.78, 5) is 23.8. The zero-order chi connectivity index (χ0) is 24.2. The predicted molar refractivity (Wildman–Crippen MR) is 138 cm³/mol. The Kier molecular flexibility index (Phi) is 9.45. The van der Waals surface area contributed by atoms with Gasteiger partial charge in [0.2, 0.25) is 0 Å². The second-order valence-electron chi connectivity index (χ2n) is 6.92. The highest BCUT2D eigenvalue weighted by Crippen LogP contribution is 2.20. The molecule has 0 aliphatic heterocycles. The molecule has 3 rings (SSSR count). The minimum Gasteiger partial charge on any atom is -0.375 e. The summed E-state index contributed by atoms with van der Waals surface area (Å²) in [6.45, 7) is 0.0756. The number of hydrogen-bond acceptors (Lipinski definition) is 6. The first-order chi connectivity index (χ1) is 16.5. The van der Waals surface area contributed by atoms with Crippen molar-refractivity contribution in [1.29, 1.82) is 0 Å². The molecule has 0 saturated carbocycles. The van der Waals surface area contributed by atoms with Crippen molar-refractivity contribution < 1.29 is 9.59 Å². The van der Waals surface area contributed by atoms with E-state index >= 15 is 0 Å². The first-order valence-corrected chi connectivity index (χ1v) is 11.0. The van der Waals surface area contributed by atoms with Crippen molar-refractivity contribution in [3.05, 3.63) is 94.0 Å². The van der Waals surface area contributed by atoms with Gasteiger partial charge in [0.1, 0.15) is 0 Å². The van der Waals surface area contributed by atoms with E-state index in [-0.39, 0.29) is 24.9 Å². The number of nitrogens with one attached hydrogen (secondary N) is 4. The molecule has 34 heavy (non-hydrogen) atoms. The number of nitrogens with zero attached hydrogens (tertiary/aromatic N) is 2. The van der Waals surface area contributed by atoms with Crippen LogP contribution >= 0.6 is 23.2 Å². The van der Waals surface area contributed by atoms with Gasteiger partial charge in [0.25, 0.3) is 11.8 Å². The lowest BCUT2D eigenvalue weighted by Gasteiger charge is -2.06. The van der Waals surface area contributed by atoms with Gasteiger partial charge in [-0.2, -0.15) is 10.2 Å². The van der Waals surface area contributed by atoms with E-state index in [1.807, 2.05) is 24.3 Å². The summed E-state index contributed by atoms with van der Waals surface area (Å²) in [5, 5.41) is 14.8. The third kappa shape index (κ3) is 8.23.